The van der Waals surface area contributed by atoms with Gasteiger partial charge in [-0.2, -0.15) is 0 Å². The standard InChI is InChI=1S/C14H24N4/c1-3-12-5-7-18(8-6-12)11-13-9-17-14(10-16-13)15-4-2/h9-10,12H,3-8,11H2,1-2H3,(H,15,17). The first-order valence-corrected chi connectivity index (χ1v) is 7.09. The zero-order valence-corrected chi connectivity index (χ0v) is 11.5. The van der Waals surface area contributed by atoms with Gasteiger partial charge in [0.15, 0.2) is 0 Å². The lowest BCUT2D eigenvalue weighted by Crippen LogP contribution is -2.33. The van der Waals surface area contributed by atoms with Crippen molar-refractivity contribution >= 4 is 5.82 Å². The Kier molecular flexibility index (Phi) is 4.93. The molecule has 4 heteroatoms. The third-order valence-corrected chi connectivity index (χ3v) is 3.73. The molecule has 1 aliphatic heterocycles. The predicted octanol–water partition coefficient (Wildman–Crippen LogP) is 2.53. The van der Waals surface area contributed by atoms with E-state index < -0.39 is 0 Å². The highest BCUT2D eigenvalue weighted by atomic mass is 15.1. The number of aromatic nitrogens is 2. The minimum Gasteiger partial charge on any atom is -0.369 e. The summed E-state index contributed by atoms with van der Waals surface area (Å²) in [5.41, 5.74) is 1.08. The molecule has 0 saturated carbocycles. The van der Waals surface area contributed by atoms with Gasteiger partial charge >= 0.3 is 0 Å². The van der Waals surface area contributed by atoms with Crippen molar-refractivity contribution in [1.29, 1.82) is 0 Å². The molecule has 1 aromatic rings. The minimum absolute atomic E-state index is 0.867. The molecule has 2 rings (SSSR count). The van der Waals surface area contributed by atoms with E-state index in [9.17, 15) is 0 Å². The van der Waals surface area contributed by atoms with Crippen LogP contribution in [0.1, 0.15) is 38.8 Å². The number of nitrogens with one attached hydrogen (secondary N) is 1. The molecule has 0 amide bonds. The average molecular weight is 248 g/mol. The van der Waals surface area contributed by atoms with Crippen LogP contribution in [0.5, 0.6) is 0 Å². The van der Waals surface area contributed by atoms with E-state index in [4.69, 9.17) is 0 Å². The second kappa shape index (κ2) is 6.69. The molecule has 0 aliphatic carbocycles. The first-order chi connectivity index (χ1) is 8.81. The molecule has 0 radical (unpaired) electrons. The molecule has 4 nitrogen and oxygen atoms in total. The maximum atomic E-state index is 4.46. The molecule has 100 valence electrons. The van der Waals surface area contributed by atoms with Gasteiger partial charge in [-0.25, -0.2) is 4.98 Å². The van der Waals surface area contributed by atoms with Crippen LogP contribution in [0.3, 0.4) is 0 Å². The van der Waals surface area contributed by atoms with Crippen LogP contribution in [0.25, 0.3) is 0 Å². The van der Waals surface area contributed by atoms with Crippen molar-refractivity contribution in [1.82, 2.24) is 14.9 Å². The zero-order valence-electron chi connectivity index (χ0n) is 11.5. The average Bonchev–Trinajstić information content (AvgIpc) is 2.42. The molecule has 1 aliphatic rings. The highest BCUT2D eigenvalue weighted by Gasteiger charge is 2.17. The monoisotopic (exact) mass is 248 g/mol. The normalized spacial score (nSPS) is 17.9. The lowest BCUT2D eigenvalue weighted by Gasteiger charge is -2.31. The molecule has 0 spiro atoms. The summed E-state index contributed by atoms with van der Waals surface area (Å²) < 4.78 is 0. The van der Waals surface area contributed by atoms with Crippen molar-refractivity contribution in [3.63, 3.8) is 0 Å². The highest BCUT2D eigenvalue weighted by molar-refractivity contribution is 5.30. The van der Waals surface area contributed by atoms with E-state index in [1.54, 1.807) is 0 Å². The van der Waals surface area contributed by atoms with Crippen molar-refractivity contribution in [2.24, 2.45) is 5.92 Å². The van der Waals surface area contributed by atoms with Crippen LogP contribution in [-0.4, -0.2) is 34.5 Å². The fourth-order valence-electron chi connectivity index (χ4n) is 2.49. The summed E-state index contributed by atoms with van der Waals surface area (Å²) in [6.45, 7) is 8.59. The smallest absolute Gasteiger partial charge is 0.144 e. The Morgan fingerprint density at radius 3 is 2.56 bits per heavy atom. The van der Waals surface area contributed by atoms with Gasteiger partial charge in [-0.05, 0) is 38.8 Å². The van der Waals surface area contributed by atoms with Crippen LogP contribution >= 0.6 is 0 Å². The SMILES string of the molecule is CCNc1cnc(CN2CCC(CC)CC2)cn1. The van der Waals surface area contributed by atoms with Crippen LogP contribution in [-0.2, 0) is 6.54 Å². The molecule has 1 saturated heterocycles. The zero-order chi connectivity index (χ0) is 12.8. The van der Waals surface area contributed by atoms with E-state index in [1.807, 2.05) is 12.4 Å². The summed E-state index contributed by atoms with van der Waals surface area (Å²) in [5.74, 6) is 1.80. The molecule has 1 fully saturated rings. The van der Waals surface area contributed by atoms with Gasteiger partial charge in [-0.1, -0.05) is 13.3 Å². The molecule has 1 aromatic heterocycles. The van der Waals surface area contributed by atoms with Crippen LogP contribution in [0.2, 0.25) is 0 Å². The lowest BCUT2D eigenvalue weighted by molar-refractivity contribution is 0.173. The van der Waals surface area contributed by atoms with Gasteiger partial charge in [0.1, 0.15) is 5.82 Å². The van der Waals surface area contributed by atoms with Crippen LogP contribution in [0.15, 0.2) is 12.4 Å². The van der Waals surface area contributed by atoms with E-state index in [-0.39, 0.29) is 0 Å². The molecule has 0 unspecified atom stereocenters. The second-order valence-electron chi connectivity index (χ2n) is 5.05. The van der Waals surface area contributed by atoms with E-state index >= 15 is 0 Å². The minimum atomic E-state index is 0.867. The molecule has 0 bridgehead atoms. The number of nitrogens with zero attached hydrogens (tertiary/aromatic N) is 3. The number of hydrogen-bond acceptors (Lipinski definition) is 4. The Morgan fingerprint density at radius 1 is 1.22 bits per heavy atom. The number of rotatable bonds is 5. The summed E-state index contributed by atoms with van der Waals surface area (Å²) in [6.07, 6.45) is 7.71. The third-order valence-electron chi connectivity index (χ3n) is 3.73. The predicted molar refractivity (Wildman–Crippen MR) is 74.5 cm³/mol. The molecule has 2 heterocycles. The van der Waals surface area contributed by atoms with Crippen molar-refractivity contribution in [3.05, 3.63) is 18.1 Å². The first-order valence-electron chi connectivity index (χ1n) is 7.09. The van der Waals surface area contributed by atoms with Crippen molar-refractivity contribution in [2.45, 2.75) is 39.7 Å². The number of anilines is 1. The lowest BCUT2D eigenvalue weighted by atomic mass is 9.94. The molecule has 1 N–H and O–H groups in total. The van der Waals surface area contributed by atoms with E-state index in [2.05, 4.69) is 34.0 Å². The van der Waals surface area contributed by atoms with E-state index in [1.165, 1.54) is 32.4 Å². The van der Waals surface area contributed by atoms with E-state index in [0.29, 0.717) is 0 Å². The Hall–Kier alpha value is -1.16. The summed E-state index contributed by atoms with van der Waals surface area (Å²) in [5, 5.41) is 3.16. The fourth-order valence-corrected chi connectivity index (χ4v) is 2.49. The largest absolute Gasteiger partial charge is 0.369 e. The quantitative estimate of drug-likeness (QED) is 0.869. The number of piperidine rings is 1. The topological polar surface area (TPSA) is 41.1 Å². The highest BCUT2D eigenvalue weighted by Crippen LogP contribution is 2.20. The fraction of sp³-hybridized carbons (Fsp3) is 0.714. The van der Waals surface area contributed by atoms with Gasteiger partial charge in [-0.15, -0.1) is 0 Å². The van der Waals surface area contributed by atoms with Crippen LogP contribution in [0.4, 0.5) is 5.82 Å². The Bertz CT molecular complexity index is 341. The van der Waals surface area contributed by atoms with Gasteiger partial charge in [-0.3, -0.25) is 9.88 Å². The molecular weight excluding hydrogens is 224 g/mol. The molecule has 0 atom stereocenters. The summed E-state index contributed by atoms with van der Waals surface area (Å²) in [4.78, 5) is 11.3. The van der Waals surface area contributed by atoms with Gasteiger partial charge in [0.2, 0.25) is 0 Å². The van der Waals surface area contributed by atoms with Gasteiger partial charge in [0.25, 0.3) is 0 Å². The summed E-state index contributed by atoms with van der Waals surface area (Å²) in [6, 6.07) is 0. The molecular formula is C14H24N4. The van der Waals surface area contributed by atoms with Gasteiger partial charge in [0, 0.05) is 13.1 Å². The van der Waals surface area contributed by atoms with Crippen LogP contribution in [0, 0.1) is 5.92 Å². The Balaban J connectivity index is 1.82. The van der Waals surface area contributed by atoms with Crippen molar-refractivity contribution < 1.29 is 0 Å². The molecule has 0 aromatic carbocycles. The Morgan fingerprint density at radius 2 is 2.00 bits per heavy atom. The number of hydrogen-bond donors (Lipinski definition) is 1. The third kappa shape index (κ3) is 3.67. The van der Waals surface area contributed by atoms with Gasteiger partial charge < -0.3 is 5.32 Å². The summed E-state index contributed by atoms with van der Waals surface area (Å²) >= 11 is 0. The maximum Gasteiger partial charge on any atom is 0.144 e. The summed E-state index contributed by atoms with van der Waals surface area (Å²) in [7, 11) is 0. The maximum absolute atomic E-state index is 4.46. The Labute approximate surface area is 110 Å². The van der Waals surface area contributed by atoms with Gasteiger partial charge in [0.05, 0.1) is 18.1 Å². The van der Waals surface area contributed by atoms with Crippen LogP contribution < -0.4 is 5.32 Å². The van der Waals surface area contributed by atoms with Crippen molar-refractivity contribution in [2.75, 3.05) is 25.0 Å². The van der Waals surface area contributed by atoms with E-state index in [0.717, 1.165) is 30.5 Å². The second-order valence-corrected chi connectivity index (χ2v) is 5.05. The van der Waals surface area contributed by atoms with Crippen molar-refractivity contribution in [3.8, 4) is 0 Å². The number of likely N-dealkylation sites (tertiary alicyclic amines) is 1. The molecule has 18 heavy (non-hydrogen) atoms. The first kappa shape index (κ1) is 13.3.